The lowest BCUT2D eigenvalue weighted by atomic mass is 9.97. The van der Waals surface area contributed by atoms with Gasteiger partial charge >= 0.3 is 11.9 Å². The monoisotopic (exact) mass is 374 g/mol. The van der Waals surface area contributed by atoms with Crippen LogP contribution in [0.1, 0.15) is 33.1 Å². The Labute approximate surface area is 150 Å². The van der Waals surface area contributed by atoms with E-state index in [1.54, 1.807) is 13.8 Å². The predicted molar refractivity (Wildman–Crippen MR) is 89.9 cm³/mol. The molecule has 0 rings (SSSR count). The fourth-order valence-corrected chi connectivity index (χ4v) is 2.02. The van der Waals surface area contributed by atoms with Crippen molar-refractivity contribution in [2.75, 3.05) is 13.1 Å². The van der Waals surface area contributed by atoms with E-state index in [9.17, 15) is 24.0 Å². The minimum atomic E-state index is -1.23. The molecule has 0 radical (unpaired) electrons. The maximum atomic E-state index is 12.4. The first kappa shape index (κ1) is 23.3. The number of nitrogens with one attached hydrogen (secondary N) is 3. The third-order valence-electron chi connectivity index (χ3n) is 3.69. The molecule has 3 atom stereocenters. The third-order valence-corrected chi connectivity index (χ3v) is 3.69. The van der Waals surface area contributed by atoms with Crippen LogP contribution < -0.4 is 21.7 Å². The molecular formula is C15H26N4O7. The summed E-state index contributed by atoms with van der Waals surface area (Å²) < 4.78 is 0. The van der Waals surface area contributed by atoms with Crippen molar-refractivity contribution in [3.05, 3.63) is 0 Å². The van der Waals surface area contributed by atoms with Crippen LogP contribution in [-0.2, 0) is 24.0 Å². The Morgan fingerprint density at radius 1 is 1.00 bits per heavy atom. The van der Waals surface area contributed by atoms with E-state index in [0.29, 0.717) is 6.42 Å². The summed E-state index contributed by atoms with van der Waals surface area (Å²) in [4.78, 5) is 57.3. The van der Waals surface area contributed by atoms with E-state index in [2.05, 4.69) is 16.0 Å². The Bertz CT molecular complexity index is 538. The van der Waals surface area contributed by atoms with Crippen LogP contribution in [0.3, 0.4) is 0 Å². The van der Waals surface area contributed by atoms with Crippen molar-refractivity contribution < 1.29 is 34.2 Å². The predicted octanol–water partition coefficient (Wildman–Crippen LogP) is -1.97. The van der Waals surface area contributed by atoms with Crippen LogP contribution in [0.5, 0.6) is 0 Å². The van der Waals surface area contributed by atoms with Crippen LogP contribution in [0.15, 0.2) is 0 Å². The van der Waals surface area contributed by atoms with Crippen LogP contribution in [-0.4, -0.2) is 65.0 Å². The number of carboxylic acid groups (broad SMARTS) is 2. The molecule has 148 valence electrons. The van der Waals surface area contributed by atoms with Gasteiger partial charge in [-0.3, -0.25) is 24.0 Å². The SMILES string of the molecule is CCC(C)C(NC(=O)C(CCC(=O)O)NC(=O)CN)C(=O)NCC(=O)O. The zero-order chi connectivity index (χ0) is 20.3. The van der Waals surface area contributed by atoms with Gasteiger partial charge in [-0.2, -0.15) is 0 Å². The molecule has 7 N–H and O–H groups in total. The summed E-state index contributed by atoms with van der Waals surface area (Å²) in [6.07, 6.45) is -0.0422. The number of carbonyl (C=O) groups excluding carboxylic acids is 3. The van der Waals surface area contributed by atoms with E-state index in [1.807, 2.05) is 0 Å². The normalized spacial score (nSPS) is 13.8. The Balaban J connectivity index is 5.16. The van der Waals surface area contributed by atoms with Gasteiger partial charge in [0.25, 0.3) is 0 Å². The molecule has 3 amide bonds. The smallest absolute Gasteiger partial charge is 0.322 e. The zero-order valence-electron chi connectivity index (χ0n) is 14.8. The lowest BCUT2D eigenvalue weighted by Crippen LogP contribution is -2.56. The second-order valence-electron chi connectivity index (χ2n) is 5.74. The van der Waals surface area contributed by atoms with E-state index >= 15 is 0 Å². The highest BCUT2D eigenvalue weighted by molar-refractivity contribution is 5.93. The van der Waals surface area contributed by atoms with Gasteiger partial charge in [-0.15, -0.1) is 0 Å². The van der Waals surface area contributed by atoms with E-state index < -0.39 is 48.3 Å². The largest absolute Gasteiger partial charge is 0.481 e. The molecule has 0 aromatic carbocycles. The Kier molecular flexibility index (Phi) is 10.6. The molecule has 26 heavy (non-hydrogen) atoms. The molecule has 0 bridgehead atoms. The van der Waals surface area contributed by atoms with Crippen LogP contribution in [0.4, 0.5) is 0 Å². The first-order valence-corrected chi connectivity index (χ1v) is 8.13. The summed E-state index contributed by atoms with van der Waals surface area (Å²) in [6.45, 7) is 2.49. The molecule has 0 aromatic rings. The van der Waals surface area contributed by atoms with Crippen LogP contribution >= 0.6 is 0 Å². The number of amides is 3. The molecule has 0 aliphatic heterocycles. The number of nitrogens with two attached hydrogens (primary N) is 1. The second-order valence-corrected chi connectivity index (χ2v) is 5.74. The number of carboxylic acids is 2. The van der Waals surface area contributed by atoms with Gasteiger partial charge < -0.3 is 31.9 Å². The summed E-state index contributed by atoms with van der Waals surface area (Å²) in [5.41, 5.74) is 5.18. The van der Waals surface area contributed by atoms with Gasteiger partial charge in [0.05, 0.1) is 6.54 Å². The van der Waals surface area contributed by atoms with Gasteiger partial charge in [0.15, 0.2) is 0 Å². The van der Waals surface area contributed by atoms with E-state index in [-0.39, 0.29) is 25.3 Å². The summed E-state index contributed by atoms with van der Waals surface area (Å²) in [5.74, 6) is -4.78. The minimum absolute atomic E-state index is 0.184. The van der Waals surface area contributed by atoms with Gasteiger partial charge in [0.2, 0.25) is 17.7 Å². The molecule has 0 aliphatic rings. The van der Waals surface area contributed by atoms with Crippen molar-refractivity contribution in [2.45, 2.75) is 45.2 Å². The van der Waals surface area contributed by atoms with Crippen molar-refractivity contribution in [1.82, 2.24) is 16.0 Å². The molecular weight excluding hydrogens is 348 g/mol. The number of aliphatic carboxylic acids is 2. The fourth-order valence-electron chi connectivity index (χ4n) is 2.02. The number of carbonyl (C=O) groups is 5. The van der Waals surface area contributed by atoms with Gasteiger partial charge in [0, 0.05) is 6.42 Å². The van der Waals surface area contributed by atoms with Gasteiger partial charge in [-0.25, -0.2) is 0 Å². The minimum Gasteiger partial charge on any atom is -0.481 e. The third kappa shape index (κ3) is 8.97. The summed E-state index contributed by atoms with van der Waals surface area (Å²) in [5, 5.41) is 24.4. The van der Waals surface area contributed by atoms with Gasteiger partial charge in [0.1, 0.15) is 18.6 Å². The molecule has 3 unspecified atom stereocenters. The maximum Gasteiger partial charge on any atom is 0.322 e. The molecule has 0 saturated heterocycles. The molecule has 11 nitrogen and oxygen atoms in total. The highest BCUT2D eigenvalue weighted by Crippen LogP contribution is 2.09. The van der Waals surface area contributed by atoms with Crippen LogP contribution in [0, 0.1) is 5.92 Å². The summed E-state index contributed by atoms with van der Waals surface area (Å²) >= 11 is 0. The van der Waals surface area contributed by atoms with E-state index in [0.717, 1.165) is 0 Å². The second kappa shape index (κ2) is 11.8. The number of hydrogen-bond acceptors (Lipinski definition) is 6. The lowest BCUT2D eigenvalue weighted by molar-refractivity contribution is -0.139. The summed E-state index contributed by atoms with van der Waals surface area (Å²) in [6, 6.07) is -2.21. The van der Waals surface area contributed by atoms with Crippen molar-refractivity contribution in [1.29, 1.82) is 0 Å². The molecule has 0 aliphatic carbocycles. The number of rotatable bonds is 12. The molecule has 0 fully saturated rings. The molecule has 0 heterocycles. The molecule has 0 saturated carbocycles. The maximum absolute atomic E-state index is 12.4. The number of hydrogen-bond donors (Lipinski definition) is 6. The topological polar surface area (TPSA) is 188 Å². The fraction of sp³-hybridized carbons (Fsp3) is 0.667. The van der Waals surface area contributed by atoms with Gasteiger partial charge in [-0.1, -0.05) is 20.3 Å². The standard InChI is InChI=1S/C15H26N4O7/c1-3-8(2)13(15(26)17-7-12(23)24)19-14(25)9(4-5-11(21)22)18-10(20)6-16/h8-9,13H,3-7,16H2,1-2H3,(H,17,26)(H,18,20)(H,19,25)(H,21,22)(H,23,24). The summed E-state index contributed by atoms with van der Waals surface area (Å²) in [7, 11) is 0. The van der Waals surface area contributed by atoms with E-state index in [4.69, 9.17) is 15.9 Å². The van der Waals surface area contributed by atoms with E-state index in [1.165, 1.54) is 0 Å². The zero-order valence-corrected chi connectivity index (χ0v) is 14.8. The van der Waals surface area contributed by atoms with Crippen molar-refractivity contribution in [3.63, 3.8) is 0 Å². The first-order valence-electron chi connectivity index (χ1n) is 8.13. The van der Waals surface area contributed by atoms with Crippen molar-refractivity contribution in [3.8, 4) is 0 Å². The highest BCUT2D eigenvalue weighted by Gasteiger charge is 2.30. The van der Waals surface area contributed by atoms with Gasteiger partial charge in [-0.05, 0) is 12.3 Å². The average Bonchev–Trinajstić information content (AvgIpc) is 2.59. The van der Waals surface area contributed by atoms with Crippen LogP contribution in [0.2, 0.25) is 0 Å². The first-order chi connectivity index (χ1) is 12.1. The average molecular weight is 374 g/mol. The quantitative estimate of drug-likeness (QED) is 0.227. The Hall–Kier alpha value is -2.69. The lowest BCUT2D eigenvalue weighted by Gasteiger charge is -2.26. The molecule has 11 heteroatoms. The molecule has 0 spiro atoms. The highest BCUT2D eigenvalue weighted by atomic mass is 16.4. The molecule has 0 aromatic heterocycles. The van der Waals surface area contributed by atoms with Crippen molar-refractivity contribution >= 4 is 29.7 Å². The van der Waals surface area contributed by atoms with Crippen molar-refractivity contribution in [2.24, 2.45) is 11.7 Å². The van der Waals surface area contributed by atoms with Crippen LogP contribution in [0.25, 0.3) is 0 Å². The Morgan fingerprint density at radius 3 is 2.08 bits per heavy atom. The Morgan fingerprint density at radius 2 is 1.62 bits per heavy atom.